The zero-order valence-electron chi connectivity index (χ0n) is 8.80. The number of anilines is 1. The lowest BCUT2D eigenvalue weighted by Gasteiger charge is -2.09. The van der Waals surface area contributed by atoms with Gasteiger partial charge in [-0.2, -0.15) is 4.98 Å². The van der Waals surface area contributed by atoms with E-state index in [0.29, 0.717) is 0 Å². The van der Waals surface area contributed by atoms with Crippen LogP contribution in [0.3, 0.4) is 0 Å². The van der Waals surface area contributed by atoms with Crippen LogP contribution in [-0.4, -0.2) is 24.2 Å². The lowest BCUT2D eigenvalue weighted by Crippen LogP contribution is -2.15. The molecule has 0 saturated carbocycles. The first-order valence-corrected chi connectivity index (χ1v) is 5.69. The highest BCUT2D eigenvalue weighted by molar-refractivity contribution is 6.45. The second-order valence-corrected chi connectivity index (χ2v) is 3.96. The standard InChI is InChI=1S/C9H9Cl3N2O3/c1-2-16-4(15)3-17-9-6(11)7(13)5(10)8(12)14-9/h2-3H2,1H3,(H2,13,14). The molecular formula is C9H9Cl3N2O3. The van der Waals surface area contributed by atoms with Gasteiger partial charge in [-0.1, -0.05) is 34.8 Å². The number of ether oxygens (including phenoxy) is 2. The molecule has 1 aromatic rings. The van der Waals surface area contributed by atoms with Crippen molar-refractivity contribution in [2.45, 2.75) is 6.92 Å². The normalized spacial score (nSPS) is 10.1. The number of hydrogen-bond acceptors (Lipinski definition) is 5. The Labute approximate surface area is 113 Å². The van der Waals surface area contributed by atoms with Crippen molar-refractivity contribution in [2.24, 2.45) is 0 Å². The summed E-state index contributed by atoms with van der Waals surface area (Å²) in [6, 6.07) is 0. The lowest BCUT2D eigenvalue weighted by molar-refractivity contribution is -0.145. The quantitative estimate of drug-likeness (QED) is 0.683. The maximum atomic E-state index is 11.1. The highest BCUT2D eigenvalue weighted by Gasteiger charge is 2.16. The molecule has 94 valence electrons. The number of pyridine rings is 1. The Morgan fingerprint density at radius 2 is 2.00 bits per heavy atom. The molecule has 0 aliphatic heterocycles. The molecule has 0 radical (unpaired) electrons. The van der Waals surface area contributed by atoms with Crippen LogP contribution < -0.4 is 10.5 Å². The summed E-state index contributed by atoms with van der Waals surface area (Å²) >= 11 is 17.2. The summed E-state index contributed by atoms with van der Waals surface area (Å²) in [5.74, 6) is -0.610. The van der Waals surface area contributed by atoms with Gasteiger partial charge in [0.05, 0.1) is 12.3 Å². The number of carbonyl (C=O) groups is 1. The predicted octanol–water partition coefficient (Wildman–Crippen LogP) is 2.57. The molecule has 0 unspecified atom stereocenters. The average molecular weight is 300 g/mol. The third-order valence-corrected chi connectivity index (χ3v) is 2.79. The summed E-state index contributed by atoms with van der Waals surface area (Å²) in [6.45, 7) is 1.60. The van der Waals surface area contributed by atoms with Crippen molar-refractivity contribution < 1.29 is 14.3 Å². The molecule has 0 aliphatic carbocycles. The Kier molecular flexibility index (Phi) is 5.11. The number of nitrogens with zero attached hydrogens (tertiary/aromatic N) is 1. The van der Waals surface area contributed by atoms with E-state index in [1.807, 2.05) is 0 Å². The van der Waals surface area contributed by atoms with Gasteiger partial charge >= 0.3 is 5.97 Å². The number of nitrogens with two attached hydrogens (primary N) is 1. The molecule has 1 heterocycles. The minimum atomic E-state index is -0.546. The zero-order valence-corrected chi connectivity index (χ0v) is 11.1. The van der Waals surface area contributed by atoms with Crippen molar-refractivity contribution >= 4 is 46.5 Å². The van der Waals surface area contributed by atoms with Crippen LogP contribution in [0.5, 0.6) is 5.88 Å². The van der Waals surface area contributed by atoms with Crippen molar-refractivity contribution in [3.05, 3.63) is 15.2 Å². The van der Waals surface area contributed by atoms with Crippen LogP contribution in [0.15, 0.2) is 0 Å². The van der Waals surface area contributed by atoms with Crippen molar-refractivity contribution in [3.63, 3.8) is 0 Å². The highest BCUT2D eigenvalue weighted by Crippen LogP contribution is 2.37. The van der Waals surface area contributed by atoms with E-state index < -0.39 is 5.97 Å². The van der Waals surface area contributed by atoms with Gasteiger partial charge in [0.1, 0.15) is 10.0 Å². The fourth-order valence-corrected chi connectivity index (χ4v) is 1.49. The van der Waals surface area contributed by atoms with Gasteiger partial charge < -0.3 is 15.2 Å². The molecule has 5 nitrogen and oxygen atoms in total. The molecule has 0 spiro atoms. The van der Waals surface area contributed by atoms with E-state index in [4.69, 9.17) is 45.3 Å². The number of nitrogen functional groups attached to an aromatic ring is 1. The lowest BCUT2D eigenvalue weighted by atomic mass is 10.4. The molecule has 2 N–H and O–H groups in total. The summed E-state index contributed by atoms with van der Waals surface area (Å²) in [6.07, 6.45) is 0. The average Bonchev–Trinajstić information content (AvgIpc) is 2.30. The van der Waals surface area contributed by atoms with E-state index in [2.05, 4.69) is 9.72 Å². The molecular weight excluding hydrogens is 290 g/mol. The monoisotopic (exact) mass is 298 g/mol. The van der Waals surface area contributed by atoms with Gasteiger partial charge in [-0.3, -0.25) is 0 Å². The Morgan fingerprint density at radius 3 is 2.59 bits per heavy atom. The molecule has 0 aliphatic rings. The zero-order chi connectivity index (χ0) is 13.0. The summed E-state index contributed by atoms with van der Waals surface area (Å²) in [5, 5.41) is -0.00345. The second kappa shape index (κ2) is 6.14. The third kappa shape index (κ3) is 3.52. The third-order valence-electron chi connectivity index (χ3n) is 1.67. The molecule has 0 aromatic carbocycles. The largest absolute Gasteiger partial charge is 0.465 e. The van der Waals surface area contributed by atoms with Crippen LogP contribution >= 0.6 is 34.8 Å². The second-order valence-electron chi connectivity index (χ2n) is 2.84. The first-order valence-electron chi connectivity index (χ1n) is 4.55. The van der Waals surface area contributed by atoms with Gasteiger partial charge in [-0.15, -0.1) is 0 Å². The van der Waals surface area contributed by atoms with Gasteiger partial charge in [-0.25, -0.2) is 4.79 Å². The minimum Gasteiger partial charge on any atom is -0.465 e. The van der Waals surface area contributed by atoms with Gasteiger partial charge in [0.25, 0.3) is 0 Å². The Hall–Kier alpha value is -0.910. The topological polar surface area (TPSA) is 74.4 Å². The van der Waals surface area contributed by atoms with E-state index in [-0.39, 0.29) is 40.0 Å². The molecule has 1 rings (SSSR count). The molecule has 0 amide bonds. The molecule has 1 aromatic heterocycles. The van der Waals surface area contributed by atoms with Crippen LogP contribution in [0.2, 0.25) is 15.2 Å². The molecule has 8 heteroatoms. The fourth-order valence-electron chi connectivity index (χ4n) is 0.936. The SMILES string of the molecule is CCOC(=O)COc1nc(Cl)c(Cl)c(N)c1Cl. The molecule has 0 bridgehead atoms. The van der Waals surface area contributed by atoms with Gasteiger partial charge in [0, 0.05) is 0 Å². The Balaban J connectivity index is 2.82. The molecule has 17 heavy (non-hydrogen) atoms. The van der Waals surface area contributed by atoms with E-state index in [0.717, 1.165) is 0 Å². The van der Waals surface area contributed by atoms with E-state index in [1.54, 1.807) is 6.92 Å². The summed E-state index contributed by atoms with van der Waals surface area (Å²) in [5.41, 5.74) is 5.61. The van der Waals surface area contributed by atoms with Crippen molar-refractivity contribution in [3.8, 4) is 5.88 Å². The number of halogens is 3. The van der Waals surface area contributed by atoms with Crippen molar-refractivity contribution in [1.29, 1.82) is 0 Å². The minimum absolute atomic E-state index is 0.00342. The molecule has 0 atom stereocenters. The summed E-state index contributed by atoms with van der Waals surface area (Å²) in [7, 11) is 0. The van der Waals surface area contributed by atoms with E-state index in [1.165, 1.54) is 0 Å². The van der Waals surface area contributed by atoms with Crippen LogP contribution in [0.25, 0.3) is 0 Å². The van der Waals surface area contributed by atoms with Crippen LogP contribution in [0.1, 0.15) is 6.92 Å². The smallest absolute Gasteiger partial charge is 0.344 e. The maximum Gasteiger partial charge on any atom is 0.344 e. The number of rotatable bonds is 4. The van der Waals surface area contributed by atoms with Crippen molar-refractivity contribution in [2.75, 3.05) is 18.9 Å². The summed E-state index contributed by atoms with van der Waals surface area (Å²) < 4.78 is 9.69. The predicted molar refractivity (Wildman–Crippen MR) is 65.8 cm³/mol. The first kappa shape index (κ1) is 14.2. The maximum absolute atomic E-state index is 11.1. The van der Waals surface area contributed by atoms with Gasteiger partial charge in [0.2, 0.25) is 5.88 Å². The van der Waals surface area contributed by atoms with Crippen molar-refractivity contribution in [1.82, 2.24) is 4.98 Å². The van der Waals surface area contributed by atoms with Gasteiger partial charge in [-0.05, 0) is 6.92 Å². The molecule has 0 saturated heterocycles. The summed E-state index contributed by atoms with van der Waals surface area (Å²) in [4.78, 5) is 14.8. The fraction of sp³-hybridized carbons (Fsp3) is 0.333. The van der Waals surface area contributed by atoms with Crippen LogP contribution in [-0.2, 0) is 9.53 Å². The first-order chi connectivity index (χ1) is 7.97. The van der Waals surface area contributed by atoms with Crippen LogP contribution in [0.4, 0.5) is 5.69 Å². The van der Waals surface area contributed by atoms with Gasteiger partial charge in [0.15, 0.2) is 11.8 Å². The number of esters is 1. The molecule has 0 fully saturated rings. The highest BCUT2D eigenvalue weighted by atomic mass is 35.5. The number of hydrogen-bond donors (Lipinski definition) is 1. The Bertz CT molecular complexity index is 440. The number of aromatic nitrogens is 1. The number of carbonyl (C=O) groups excluding carboxylic acids is 1. The van der Waals surface area contributed by atoms with E-state index >= 15 is 0 Å². The van der Waals surface area contributed by atoms with Crippen LogP contribution in [0, 0.1) is 0 Å². The van der Waals surface area contributed by atoms with E-state index in [9.17, 15) is 4.79 Å². The Morgan fingerprint density at radius 1 is 1.35 bits per heavy atom.